The van der Waals surface area contributed by atoms with Gasteiger partial charge in [-0.25, -0.2) is 4.79 Å². The summed E-state index contributed by atoms with van der Waals surface area (Å²) < 4.78 is 79.8. The first-order valence-electron chi connectivity index (χ1n) is 9.76. The Balaban J connectivity index is 1.70. The lowest BCUT2D eigenvalue weighted by atomic mass is 9.76. The number of carbonyl (C=O) groups is 1. The number of ether oxygens (including phenoxy) is 1. The van der Waals surface area contributed by atoms with Crippen LogP contribution < -0.4 is 0 Å². The van der Waals surface area contributed by atoms with Gasteiger partial charge in [0.25, 0.3) is 6.10 Å². The van der Waals surface area contributed by atoms with E-state index in [1.165, 1.54) is 0 Å². The van der Waals surface area contributed by atoms with Crippen molar-refractivity contribution in [2.45, 2.75) is 37.2 Å². The van der Waals surface area contributed by atoms with Crippen molar-refractivity contribution < 1.29 is 35.9 Å². The van der Waals surface area contributed by atoms with Gasteiger partial charge in [0.15, 0.2) is 0 Å². The SMILES string of the molecule is O=C(OC(C(F)(F)F)C(F)(F)F)N1CCC(C(c2ccccc2)c2ccccc2)CC1. The van der Waals surface area contributed by atoms with E-state index in [-0.39, 0.29) is 24.9 Å². The van der Waals surface area contributed by atoms with E-state index >= 15 is 0 Å². The molecule has 0 aliphatic carbocycles. The summed E-state index contributed by atoms with van der Waals surface area (Å²) >= 11 is 0. The highest BCUT2D eigenvalue weighted by atomic mass is 19.4. The van der Waals surface area contributed by atoms with Crippen LogP contribution in [0.1, 0.15) is 29.9 Å². The van der Waals surface area contributed by atoms with Crippen LogP contribution in [0.25, 0.3) is 0 Å². The van der Waals surface area contributed by atoms with Gasteiger partial charge in [-0.15, -0.1) is 0 Å². The summed E-state index contributed by atoms with van der Waals surface area (Å²) in [5.41, 5.74) is 2.12. The topological polar surface area (TPSA) is 29.5 Å². The molecule has 31 heavy (non-hydrogen) atoms. The fourth-order valence-corrected chi connectivity index (χ4v) is 3.97. The Morgan fingerprint density at radius 3 is 1.61 bits per heavy atom. The standard InChI is InChI=1S/C22H21F6NO2/c23-21(24,25)19(22(26,27)28)31-20(30)29-13-11-17(12-14-29)18(15-7-3-1-4-8-15)16-9-5-2-6-10-16/h1-10,17-19H,11-14H2. The minimum absolute atomic E-state index is 0.00123. The van der Waals surface area contributed by atoms with Crippen LogP contribution in [-0.4, -0.2) is 42.5 Å². The van der Waals surface area contributed by atoms with E-state index in [9.17, 15) is 31.1 Å². The van der Waals surface area contributed by atoms with E-state index in [0.29, 0.717) is 12.8 Å². The molecule has 1 aliphatic rings. The van der Waals surface area contributed by atoms with Crippen LogP contribution in [0.3, 0.4) is 0 Å². The minimum atomic E-state index is -5.72. The zero-order valence-electron chi connectivity index (χ0n) is 16.4. The van der Waals surface area contributed by atoms with Gasteiger partial charge >= 0.3 is 18.4 Å². The predicted molar refractivity (Wildman–Crippen MR) is 101 cm³/mol. The van der Waals surface area contributed by atoms with Gasteiger partial charge in [-0.05, 0) is 29.9 Å². The molecule has 3 nitrogen and oxygen atoms in total. The lowest BCUT2D eigenvalue weighted by Gasteiger charge is -2.37. The number of hydrogen-bond donors (Lipinski definition) is 0. The van der Waals surface area contributed by atoms with E-state index in [4.69, 9.17) is 0 Å². The van der Waals surface area contributed by atoms with Crippen molar-refractivity contribution in [3.05, 3.63) is 71.8 Å². The Morgan fingerprint density at radius 2 is 1.23 bits per heavy atom. The van der Waals surface area contributed by atoms with E-state index in [1.807, 2.05) is 60.7 Å². The zero-order valence-corrected chi connectivity index (χ0v) is 16.4. The summed E-state index contributed by atoms with van der Waals surface area (Å²) in [6.07, 6.45) is -16.3. The average molecular weight is 445 g/mol. The molecule has 0 saturated carbocycles. The van der Waals surface area contributed by atoms with Crippen LogP contribution in [-0.2, 0) is 4.74 Å². The van der Waals surface area contributed by atoms with Crippen LogP contribution >= 0.6 is 0 Å². The number of likely N-dealkylation sites (tertiary alicyclic amines) is 1. The van der Waals surface area contributed by atoms with Gasteiger partial charge in [0.1, 0.15) is 0 Å². The number of rotatable bonds is 4. The van der Waals surface area contributed by atoms with Crippen LogP contribution in [0.2, 0.25) is 0 Å². The smallest absolute Gasteiger partial charge is 0.426 e. The van der Waals surface area contributed by atoms with Crippen molar-refractivity contribution in [2.24, 2.45) is 5.92 Å². The van der Waals surface area contributed by atoms with Gasteiger partial charge in [0.2, 0.25) is 0 Å². The van der Waals surface area contributed by atoms with Crippen molar-refractivity contribution >= 4 is 6.09 Å². The van der Waals surface area contributed by atoms with Crippen LogP contribution in [0.15, 0.2) is 60.7 Å². The largest absolute Gasteiger partial charge is 0.434 e. The molecule has 0 aromatic heterocycles. The van der Waals surface area contributed by atoms with Crippen molar-refractivity contribution in [2.75, 3.05) is 13.1 Å². The van der Waals surface area contributed by atoms with Gasteiger partial charge in [0, 0.05) is 19.0 Å². The fraction of sp³-hybridized carbons (Fsp3) is 0.409. The second kappa shape index (κ2) is 9.20. The Bertz CT molecular complexity index is 792. The maximum atomic E-state index is 12.7. The molecule has 1 fully saturated rings. The number of hydrogen-bond acceptors (Lipinski definition) is 2. The molecule has 0 atom stereocenters. The lowest BCUT2D eigenvalue weighted by molar-refractivity contribution is -0.308. The maximum Gasteiger partial charge on any atom is 0.434 e. The third-order valence-electron chi connectivity index (χ3n) is 5.40. The third kappa shape index (κ3) is 5.71. The van der Waals surface area contributed by atoms with Crippen LogP contribution in [0.4, 0.5) is 31.1 Å². The second-order valence-corrected chi connectivity index (χ2v) is 7.47. The summed E-state index contributed by atoms with van der Waals surface area (Å²) in [7, 11) is 0. The highest BCUT2D eigenvalue weighted by molar-refractivity contribution is 5.68. The zero-order chi connectivity index (χ0) is 22.6. The molecule has 1 heterocycles. The highest BCUT2D eigenvalue weighted by Crippen LogP contribution is 2.39. The summed E-state index contributed by atoms with van der Waals surface area (Å²) in [6, 6.07) is 19.3. The number of amides is 1. The van der Waals surface area contributed by atoms with Crippen molar-refractivity contribution in [3.63, 3.8) is 0 Å². The Labute approximate surface area is 175 Å². The quantitative estimate of drug-likeness (QED) is 0.528. The first-order chi connectivity index (χ1) is 14.6. The van der Waals surface area contributed by atoms with E-state index in [2.05, 4.69) is 4.74 Å². The molecule has 0 N–H and O–H groups in total. The van der Waals surface area contributed by atoms with Crippen molar-refractivity contribution in [1.82, 2.24) is 4.90 Å². The number of nitrogens with zero attached hydrogens (tertiary/aromatic N) is 1. The third-order valence-corrected chi connectivity index (χ3v) is 5.40. The summed E-state index contributed by atoms with van der Waals surface area (Å²) in [4.78, 5) is 12.9. The van der Waals surface area contributed by atoms with Gasteiger partial charge in [0.05, 0.1) is 0 Å². The molecule has 3 rings (SSSR count). The molecular weight excluding hydrogens is 424 g/mol. The van der Waals surface area contributed by atoms with Gasteiger partial charge in [-0.2, -0.15) is 26.3 Å². The molecule has 168 valence electrons. The van der Waals surface area contributed by atoms with E-state index < -0.39 is 24.5 Å². The van der Waals surface area contributed by atoms with Crippen LogP contribution in [0.5, 0.6) is 0 Å². The lowest BCUT2D eigenvalue weighted by Crippen LogP contribution is -2.49. The molecule has 1 saturated heterocycles. The Hall–Kier alpha value is -2.71. The van der Waals surface area contributed by atoms with Crippen molar-refractivity contribution in [1.29, 1.82) is 0 Å². The normalized spacial score (nSPS) is 16.1. The van der Waals surface area contributed by atoms with Gasteiger partial charge < -0.3 is 9.64 Å². The Kier molecular flexibility index (Phi) is 6.81. The maximum absolute atomic E-state index is 12.7. The number of carbonyl (C=O) groups excluding carboxylic acids is 1. The van der Waals surface area contributed by atoms with Gasteiger partial charge in [-0.3, -0.25) is 0 Å². The first kappa shape index (κ1) is 23.0. The van der Waals surface area contributed by atoms with Crippen molar-refractivity contribution in [3.8, 4) is 0 Å². The molecule has 0 radical (unpaired) electrons. The molecule has 0 bridgehead atoms. The van der Waals surface area contributed by atoms with Gasteiger partial charge in [-0.1, -0.05) is 60.7 Å². The predicted octanol–water partition coefficient (Wildman–Crippen LogP) is 6.16. The molecule has 1 aliphatic heterocycles. The number of benzene rings is 2. The minimum Gasteiger partial charge on any atom is -0.426 e. The fourth-order valence-electron chi connectivity index (χ4n) is 3.97. The molecule has 1 amide bonds. The molecule has 0 spiro atoms. The summed E-state index contributed by atoms with van der Waals surface area (Å²) in [6.45, 7) is 0.0319. The molecular formula is C22H21F6NO2. The monoisotopic (exact) mass is 445 g/mol. The van der Waals surface area contributed by atoms with E-state index in [0.717, 1.165) is 16.0 Å². The highest BCUT2D eigenvalue weighted by Gasteiger charge is 2.60. The van der Waals surface area contributed by atoms with E-state index in [1.54, 1.807) is 0 Å². The summed E-state index contributed by atoms with van der Waals surface area (Å²) in [5.74, 6) is 0.0635. The number of piperidine rings is 1. The first-order valence-corrected chi connectivity index (χ1v) is 9.76. The van der Waals surface area contributed by atoms with Crippen LogP contribution in [0, 0.1) is 5.92 Å². The Morgan fingerprint density at radius 1 is 0.806 bits per heavy atom. The molecule has 2 aromatic rings. The number of alkyl halides is 6. The molecule has 2 aromatic carbocycles. The second-order valence-electron chi connectivity index (χ2n) is 7.47. The molecule has 0 unspecified atom stereocenters. The molecule has 9 heteroatoms. The number of halogens is 6. The average Bonchev–Trinajstić information content (AvgIpc) is 2.72. The summed E-state index contributed by atoms with van der Waals surface area (Å²) in [5, 5.41) is 0.